The molecule has 4 rings (SSSR count). The molecule has 1 fully saturated rings. The van der Waals surface area contributed by atoms with E-state index in [9.17, 15) is 18.0 Å². The van der Waals surface area contributed by atoms with Gasteiger partial charge in [0.2, 0.25) is 0 Å². The van der Waals surface area contributed by atoms with Crippen LogP contribution in [-0.4, -0.2) is 48.3 Å². The molecule has 140 valence electrons. The molecule has 2 aromatic rings. The van der Waals surface area contributed by atoms with Crippen LogP contribution in [0, 0.1) is 0 Å². The Kier molecular flexibility index (Phi) is 4.43. The number of aliphatic imine (C=N–C) groups is 1. The summed E-state index contributed by atoms with van der Waals surface area (Å²) in [5.41, 5.74) is 1.68. The molecule has 8 heteroatoms. The van der Waals surface area contributed by atoms with Crippen molar-refractivity contribution < 1.29 is 22.7 Å². The second kappa shape index (κ2) is 6.77. The van der Waals surface area contributed by atoms with Crippen LogP contribution in [0.1, 0.15) is 27.2 Å². The molecule has 0 spiro atoms. The van der Waals surface area contributed by atoms with E-state index in [-0.39, 0.29) is 18.1 Å². The van der Waals surface area contributed by atoms with Crippen LogP contribution in [-0.2, 0) is 17.5 Å². The lowest BCUT2D eigenvalue weighted by atomic mass is 9.95. The fourth-order valence-electron chi connectivity index (χ4n) is 3.24. The number of amides is 1. The fourth-order valence-corrected chi connectivity index (χ4v) is 3.24. The summed E-state index contributed by atoms with van der Waals surface area (Å²) < 4.78 is 44.9. The molecule has 0 aliphatic carbocycles. The van der Waals surface area contributed by atoms with Gasteiger partial charge in [0, 0.05) is 36.6 Å². The Hall–Kier alpha value is -2.74. The van der Waals surface area contributed by atoms with Crippen molar-refractivity contribution >= 4 is 12.1 Å². The topological polar surface area (TPSA) is 54.8 Å². The summed E-state index contributed by atoms with van der Waals surface area (Å²) in [6.45, 7) is 2.20. The number of hydrogen-bond acceptors (Lipinski definition) is 4. The molecule has 0 bridgehead atoms. The predicted octanol–water partition coefficient (Wildman–Crippen LogP) is 3.17. The average molecular weight is 375 g/mol. The van der Waals surface area contributed by atoms with Gasteiger partial charge in [0.05, 0.1) is 25.3 Å². The van der Waals surface area contributed by atoms with E-state index in [4.69, 9.17) is 4.74 Å². The summed E-state index contributed by atoms with van der Waals surface area (Å²) in [6, 6.07) is 5.42. The van der Waals surface area contributed by atoms with E-state index in [0.717, 1.165) is 12.1 Å². The number of nitrogens with zero attached hydrogens (tertiary/aromatic N) is 3. The zero-order chi connectivity index (χ0) is 19.0. The number of carbonyl (C=O) groups is 1. The maximum absolute atomic E-state index is 13.2. The van der Waals surface area contributed by atoms with Crippen molar-refractivity contribution in [3.63, 3.8) is 0 Å². The minimum absolute atomic E-state index is 0.208. The second-order valence-corrected chi connectivity index (χ2v) is 6.40. The van der Waals surface area contributed by atoms with Gasteiger partial charge in [-0.25, -0.2) is 0 Å². The highest BCUT2D eigenvalue weighted by molar-refractivity contribution is 5.95. The first-order valence-electron chi connectivity index (χ1n) is 8.51. The zero-order valence-electron chi connectivity index (χ0n) is 14.3. The number of benzene rings is 1. The number of ether oxygens (including phenoxy) is 1. The fraction of sp³-hybridized carbons (Fsp3) is 0.316. The molecule has 3 heterocycles. The van der Waals surface area contributed by atoms with E-state index in [0.29, 0.717) is 48.6 Å². The van der Waals surface area contributed by atoms with Crippen LogP contribution in [0.3, 0.4) is 0 Å². The lowest BCUT2D eigenvalue weighted by Crippen LogP contribution is -2.41. The van der Waals surface area contributed by atoms with Crippen molar-refractivity contribution in [2.45, 2.75) is 12.7 Å². The Morgan fingerprint density at radius 3 is 2.59 bits per heavy atom. The standard InChI is InChI=1S/C19H16F3N3O2/c20-19(21,22)14-7-13-9-23-11-16(13)15(8-14)12-1-2-17(24-10-12)18(26)25-3-5-27-6-4-25/h1-2,7-8,10-11H,3-6,9H2. The number of hydrogen-bond donors (Lipinski definition) is 0. The van der Waals surface area contributed by atoms with Crippen LogP contribution in [0.4, 0.5) is 13.2 Å². The SMILES string of the molecule is O=C(c1ccc(-c2cc(C(F)(F)F)cc3c2C=NC3)cn1)N1CCOCC1. The highest BCUT2D eigenvalue weighted by Gasteiger charge is 2.32. The minimum Gasteiger partial charge on any atom is -0.378 e. The summed E-state index contributed by atoms with van der Waals surface area (Å²) >= 11 is 0. The predicted molar refractivity (Wildman–Crippen MR) is 92.7 cm³/mol. The maximum Gasteiger partial charge on any atom is 0.416 e. The second-order valence-electron chi connectivity index (χ2n) is 6.40. The van der Waals surface area contributed by atoms with Crippen LogP contribution in [0.2, 0.25) is 0 Å². The molecule has 0 unspecified atom stereocenters. The molecule has 0 radical (unpaired) electrons. The summed E-state index contributed by atoms with van der Waals surface area (Å²) in [4.78, 5) is 22.4. The first-order valence-corrected chi connectivity index (χ1v) is 8.51. The first kappa shape index (κ1) is 17.7. The maximum atomic E-state index is 13.2. The largest absolute Gasteiger partial charge is 0.416 e. The average Bonchev–Trinajstić information content (AvgIpc) is 3.15. The van der Waals surface area contributed by atoms with Gasteiger partial charge in [0.25, 0.3) is 5.91 Å². The van der Waals surface area contributed by atoms with Crippen molar-refractivity contribution in [2.75, 3.05) is 26.3 Å². The van der Waals surface area contributed by atoms with Crippen LogP contribution < -0.4 is 0 Å². The van der Waals surface area contributed by atoms with Crippen LogP contribution in [0.25, 0.3) is 11.1 Å². The van der Waals surface area contributed by atoms with E-state index in [2.05, 4.69) is 9.98 Å². The van der Waals surface area contributed by atoms with E-state index in [1.807, 2.05) is 0 Å². The van der Waals surface area contributed by atoms with Gasteiger partial charge < -0.3 is 9.64 Å². The number of morpholine rings is 1. The van der Waals surface area contributed by atoms with Crippen molar-refractivity contribution in [3.05, 3.63) is 52.8 Å². The molecule has 1 aromatic heterocycles. The smallest absolute Gasteiger partial charge is 0.378 e. The van der Waals surface area contributed by atoms with Gasteiger partial charge in [0.1, 0.15) is 5.69 Å². The molecule has 0 saturated carbocycles. The van der Waals surface area contributed by atoms with Crippen LogP contribution in [0.15, 0.2) is 35.5 Å². The Morgan fingerprint density at radius 2 is 1.93 bits per heavy atom. The van der Waals surface area contributed by atoms with Crippen LogP contribution >= 0.6 is 0 Å². The van der Waals surface area contributed by atoms with Gasteiger partial charge in [-0.3, -0.25) is 14.8 Å². The van der Waals surface area contributed by atoms with E-state index in [1.54, 1.807) is 23.2 Å². The summed E-state index contributed by atoms with van der Waals surface area (Å²) in [5, 5.41) is 0. The number of pyridine rings is 1. The van der Waals surface area contributed by atoms with Crippen molar-refractivity contribution in [3.8, 4) is 11.1 Å². The number of rotatable bonds is 2. The zero-order valence-corrected chi connectivity index (χ0v) is 14.3. The number of alkyl halides is 3. The lowest BCUT2D eigenvalue weighted by Gasteiger charge is -2.26. The molecule has 1 amide bonds. The Morgan fingerprint density at radius 1 is 1.15 bits per heavy atom. The van der Waals surface area contributed by atoms with Gasteiger partial charge in [-0.2, -0.15) is 13.2 Å². The van der Waals surface area contributed by atoms with Gasteiger partial charge in [-0.15, -0.1) is 0 Å². The number of fused-ring (bicyclic) bond motifs is 1. The Labute approximate surface area is 153 Å². The molecule has 27 heavy (non-hydrogen) atoms. The van der Waals surface area contributed by atoms with Crippen LogP contribution in [0.5, 0.6) is 0 Å². The van der Waals surface area contributed by atoms with E-state index < -0.39 is 11.7 Å². The third kappa shape index (κ3) is 3.44. The van der Waals surface area contributed by atoms with Crippen molar-refractivity contribution in [2.24, 2.45) is 4.99 Å². The molecular weight excluding hydrogens is 359 g/mol. The Balaban J connectivity index is 1.67. The quantitative estimate of drug-likeness (QED) is 0.810. The lowest BCUT2D eigenvalue weighted by molar-refractivity contribution is -0.137. The molecular formula is C19H16F3N3O2. The minimum atomic E-state index is -4.44. The number of halogens is 3. The molecule has 0 atom stereocenters. The highest BCUT2D eigenvalue weighted by Crippen LogP contribution is 2.36. The molecule has 2 aliphatic heterocycles. The number of aromatic nitrogens is 1. The van der Waals surface area contributed by atoms with Crippen molar-refractivity contribution in [1.29, 1.82) is 0 Å². The summed E-state index contributed by atoms with van der Waals surface area (Å²) in [7, 11) is 0. The molecule has 1 aromatic carbocycles. The van der Waals surface area contributed by atoms with Gasteiger partial charge in [0.15, 0.2) is 0 Å². The molecule has 2 aliphatic rings. The highest BCUT2D eigenvalue weighted by atomic mass is 19.4. The summed E-state index contributed by atoms with van der Waals surface area (Å²) in [6.07, 6.45) is -1.42. The van der Waals surface area contributed by atoms with E-state index >= 15 is 0 Å². The van der Waals surface area contributed by atoms with Gasteiger partial charge in [-0.05, 0) is 29.3 Å². The third-order valence-corrected chi connectivity index (χ3v) is 4.67. The van der Waals surface area contributed by atoms with Gasteiger partial charge >= 0.3 is 6.18 Å². The monoisotopic (exact) mass is 375 g/mol. The third-order valence-electron chi connectivity index (χ3n) is 4.67. The van der Waals surface area contributed by atoms with E-state index in [1.165, 1.54) is 6.20 Å². The van der Waals surface area contributed by atoms with Gasteiger partial charge in [-0.1, -0.05) is 6.07 Å². The summed E-state index contributed by atoms with van der Waals surface area (Å²) in [5.74, 6) is -0.208. The molecule has 5 nitrogen and oxygen atoms in total. The first-order chi connectivity index (χ1) is 12.9. The molecule has 0 N–H and O–H groups in total. The Bertz CT molecular complexity index is 902. The van der Waals surface area contributed by atoms with Crippen molar-refractivity contribution in [1.82, 2.24) is 9.88 Å². The normalized spacial score (nSPS) is 16.5. The number of carbonyl (C=O) groups excluding carboxylic acids is 1. The molecule has 1 saturated heterocycles.